The molecule has 0 fully saturated rings. The van der Waals surface area contributed by atoms with E-state index >= 15 is 0 Å². The molecule has 16 heavy (non-hydrogen) atoms. The van der Waals surface area contributed by atoms with Crippen molar-refractivity contribution in [1.82, 2.24) is 10.3 Å². The van der Waals surface area contributed by atoms with Crippen LogP contribution < -0.4 is 10.6 Å². The molecule has 0 amide bonds. The van der Waals surface area contributed by atoms with Gasteiger partial charge in [0.1, 0.15) is 6.26 Å². The highest BCUT2D eigenvalue weighted by Crippen LogP contribution is 2.08. The van der Waals surface area contributed by atoms with Crippen molar-refractivity contribution in [3.8, 4) is 0 Å². The zero-order valence-electron chi connectivity index (χ0n) is 10.7. The Kier molecular flexibility index (Phi) is 5.32. The van der Waals surface area contributed by atoms with Crippen LogP contribution in [0.1, 0.15) is 33.4 Å². The molecular weight excluding hydrogens is 202 g/mol. The van der Waals surface area contributed by atoms with E-state index in [0.29, 0.717) is 17.9 Å². The van der Waals surface area contributed by atoms with E-state index in [9.17, 15) is 0 Å². The minimum absolute atomic E-state index is 0.592. The summed E-state index contributed by atoms with van der Waals surface area (Å²) in [6.45, 7) is 11.3. The van der Waals surface area contributed by atoms with Crippen LogP contribution in [0.2, 0.25) is 0 Å². The van der Waals surface area contributed by atoms with Crippen LogP contribution in [-0.4, -0.2) is 18.1 Å². The summed E-state index contributed by atoms with van der Waals surface area (Å²) in [6.07, 6.45) is 1.70. The third kappa shape index (κ3) is 5.16. The van der Waals surface area contributed by atoms with Crippen molar-refractivity contribution >= 4 is 6.01 Å². The Balaban J connectivity index is 2.28. The van der Waals surface area contributed by atoms with E-state index in [4.69, 9.17) is 4.42 Å². The van der Waals surface area contributed by atoms with Gasteiger partial charge in [-0.2, -0.15) is 4.98 Å². The Morgan fingerprint density at radius 2 is 1.88 bits per heavy atom. The van der Waals surface area contributed by atoms with Crippen LogP contribution in [-0.2, 0) is 6.54 Å². The fourth-order valence-electron chi connectivity index (χ4n) is 1.25. The summed E-state index contributed by atoms with van der Waals surface area (Å²) in [4.78, 5) is 4.34. The monoisotopic (exact) mass is 225 g/mol. The molecule has 1 aromatic rings. The summed E-state index contributed by atoms with van der Waals surface area (Å²) in [5.41, 5.74) is 0.951. The predicted octanol–water partition coefficient (Wildman–Crippen LogP) is 2.49. The van der Waals surface area contributed by atoms with Gasteiger partial charge in [-0.15, -0.1) is 0 Å². The van der Waals surface area contributed by atoms with Crippen LogP contribution in [0.3, 0.4) is 0 Å². The third-order valence-corrected chi connectivity index (χ3v) is 2.07. The first kappa shape index (κ1) is 13.0. The second-order valence-corrected chi connectivity index (χ2v) is 4.94. The van der Waals surface area contributed by atoms with Crippen LogP contribution >= 0.6 is 0 Å². The number of nitrogens with one attached hydrogen (secondary N) is 2. The first-order chi connectivity index (χ1) is 7.58. The van der Waals surface area contributed by atoms with Gasteiger partial charge >= 0.3 is 0 Å². The lowest BCUT2D eigenvalue weighted by molar-refractivity contribution is 0.541. The molecule has 0 bridgehead atoms. The lowest BCUT2D eigenvalue weighted by Crippen LogP contribution is -2.19. The van der Waals surface area contributed by atoms with Gasteiger partial charge in [0, 0.05) is 13.1 Å². The van der Waals surface area contributed by atoms with Crippen molar-refractivity contribution in [2.45, 2.75) is 34.2 Å². The number of hydrogen-bond acceptors (Lipinski definition) is 4. The minimum atomic E-state index is 0.592. The van der Waals surface area contributed by atoms with E-state index in [1.165, 1.54) is 0 Å². The van der Waals surface area contributed by atoms with Gasteiger partial charge in [-0.25, -0.2) is 0 Å². The lowest BCUT2D eigenvalue weighted by Gasteiger charge is -2.04. The molecule has 0 radical (unpaired) electrons. The Labute approximate surface area is 97.8 Å². The topological polar surface area (TPSA) is 50.1 Å². The van der Waals surface area contributed by atoms with Crippen molar-refractivity contribution in [3.63, 3.8) is 0 Å². The van der Waals surface area contributed by atoms with Gasteiger partial charge in [0.15, 0.2) is 0 Å². The van der Waals surface area contributed by atoms with E-state index in [1.807, 2.05) is 0 Å². The van der Waals surface area contributed by atoms with Gasteiger partial charge in [-0.3, -0.25) is 0 Å². The quantitative estimate of drug-likeness (QED) is 0.748. The summed E-state index contributed by atoms with van der Waals surface area (Å²) in [6, 6.07) is 0.620. The predicted molar refractivity (Wildman–Crippen MR) is 66.4 cm³/mol. The maximum absolute atomic E-state index is 5.31. The van der Waals surface area contributed by atoms with Crippen LogP contribution in [0.5, 0.6) is 0 Å². The average molecular weight is 225 g/mol. The van der Waals surface area contributed by atoms with Gasteiger partial charge in [0.2, 0.25) is 0 Å². The highest BCUT2D eigenvalue weighted by Gasteiger charge is 2.04. The lowest BCUT2D eigenvalue weighted by atomic mass is 10.2. The molecule has 0 aliphatic carbocycles. The molecule has 0 atom stereocenters. The molecule has 0 aliphatic rings. The number of anilines is 1. The summed E-state index contributed by atoms with van der Waals surface area (Å²) in [5.74, 6) is 1.25. The van der Waals surface area contributed by atoms with Crippen LogP contribution in [0.4, 0.5) is 6.01 Å². The van der Waals surface area contributed by atoms with Gasteiger partial charge in [0.25, 0.3) is 6.01 Å². The molecule has 1 heterocycles. The van der Waals surface area contributed by atoms with E-state index in [0.717, 1.165) is 25.3 Å². The Hall–Kier alpha value is -1.03. The van der Waals surface area contributed by atoms with E-state index in [2.05, 4.69) is 43.3 Å². The molecule has 92 valence electrons. The van der Waals surface area contributed by atoms with Gasteiger partial charge < -0.3 is 15.1 Å². The molecule has 4 nitrogen and oxygen atoms in total. The molecule has 0 unspecified atom stereocenters. The normalized spacial score (nSPS) is 11.4. The van der Waals surface area contributed by atoms with Crippen molar-refractivity contribution in [1.29, 1.82) is 0 Å². The zero-order chi connectivity index (χ0) is 12.0. The molecule has 4 heteroatoms. The highest BCUT2D eigenvalue weighted by atomic mass is 16.4. The summed E-state index contributed by atoms with van der Waals surface area (Å²) in [7, 11) is 0. The standard InChI is InChI=1S/C12H23N3O/c1-9(2)5-13-7-11-8-16-12(15-11)14-6-10(3)4/h8-10,13H,5-7H2,1-4H3,(H,14,15). The summed E-state index contributed by atoms with van der Waals surface area (Å²) >= 11 is 0. The Bertz CT molecular complexity index is 294. The Morgan fingerprint density at radius 3 is 2.50 bits per heavy atom. The molecule has 0 saturated carbocycles. The molecule has 0 aromatic carbocycles. The maximum Gasteiger partial charge on any atom is 0.294 e. The average Bonchev–Trinajstić information content (AvgIpc) is 2.62. The van der Waals surface area contributed by atoms with Crippen molar-refractivity contribution < 1.29 is 4.42 Å². The number of aromatic nitrogens is 1. The summed E-state index contributed by atoms with van der Waals surface area (Å²) < 4.78 is 5.31. The third-order valence-electron chi connectivity index (χ3n) is 2.07. The van der Waals surface area contributed by atoms with Crippen LogP contribution in [0.15, 0.2) is 10.7 Å². The van der Waals surface area contributed by atoms with Gasteiger partial charge in [-0.05, 0) is 18.4 Å². The number of oxazole rings is 1. The largest absolute Gasteiger partial charge is 0.432 e. The van der Waals surface area contributed by atoms with Gasteiger partial charge in [-0.1, -0.05) is 27.7 Å². The maximum atomic E-state index is 5.31. The summed E-state index contributed by atoms with van der Waals surface area (Å²) in [5, 5.41) is 6.49. The first-order valence-electron chi connectivity index (χ1n) is 5.97. The fourth-order valence-corrected chi connectivity index (χ4v) is 1.25. The van der Waals surface area contributed by atoms with E-state index in [1.54, 1.807) is 6.26 Å². The molecule has 0 spiro atoms. The van der Waals surface area contributed by atoms with E-state index in [-0.39, 0.29) is 0 Å². The zero-order valence-corrected chi connectivity index (χ0v) is 10.7. The number of hydrogen-bond donors (Lipinski definition) is 2. The number of nitrogens with zero attached hydrogens (tertiary/aromatic N) is 1. The number of rotatable bonds is 7. The molecule has 0 aliphatic heterocycles. The molecule has 1 rings (SSSR count). The smallest absolute Gasteiger partial charge is 0.294 e. The van der Waals surface area contributed by atoms with E-state index < -0.39 is 0 Å². The van der Waals surface area contributed by atoms with Crippen molar-refractivity contribution in [2.75, 3.05) is 18.4 Å². The minimum Gasteiger partial charge on any atom is -0.432 e. The molecule has 0 saturated heterocycles. The molecule has 2 N–H and O–H groups in total. The Morgan fingerprint density at radius 1 is 1.19 bits per heavy atom. The van der Waals surface area contributed by atoms with Crippen LogP contribution in [0, 0.1) is 11.8 Å². The van der Waals surface area contributed by atoms with Gasteiger partial charge in [0.05, 0.1) is 5.69 Å². The van der Waals surface area contributed by atoms with Crippen molar-refractivity contribution in [3.05, 3.63) is 12.0 Å². The highest BCUT2D eigenvalue weighted by molar-refractivity contribution is 5.20. The van der Waals surface area contributed by atoms with Crippen LogP contribution in [0.25, 0.3) is 0 Å². The molecular formula is C12H23N3O. The van der Waals surface area contributed by atoms with Crippen molar-refractivity contribution in [2.24, 2.45) is 11.8 Å². The molecule has 1 aromatic heterocycles. The fraction of sp³-hybridized carbons (Fsp3) is 0.750. The first-order valence-corrected chi connectivity index (χ1v) is 5.97. The second kappa shape index (κ2) is 6.53. The SMILES string of the molecule is CC(C)CNCc1coc(NCC(C)C)n1. The second-order valence-electron chi connectivity index (χ2n) is 4.94.